The Balaban J connectivity index is 1.50. The second-order valence-electron chi connectivity index (χ2n) is 6.55. The van der Waals surface area contributed by atoms with E-state index >= 15 is 0 Å². The summed E-state index contributed by atoms with van der Waals surface area (Å²) in [5.74, 6) is -0.256. The molecule has 2 heterocycles. The first-order valence-corrected chi connectivity index (χ1v) is 8.96. The lowest BCUT2D eigenvalue weighted by Crippen LogP contribution is -2.24. The van der Waals surface area contributed by atoms with Crippen molar-refractivity contribution in [2.45, 2.75) is 13.5 Å². The van der Waals surface area contributed by atoms with Crippen molar-refractivity contribution in [1.82, 2.24) is 30.1 Å². The van der Waals surface area contributed by atoms with Crippen LogP contribution in [0.1, 0.15) is 21.7 Å². The van der Waals surface area contributed by atoms with Crippen molar-refractivity contribution >= 4 is 5.91 Å². The zero-order valence-electron chi connectivity index (χ0n) is 15.7. The molecule has 140 valence electrons. The number of nitrogens with zero attached hydrogens (tertiary/aromatic N) is 5. The van der Waals surface area contributed by atoms with E-state index in [9.17, 15) is 4.79 Å². The normalized spacial score (nSPS) is 10.8. The third kappa shape index (κ3) is 3.55. The molecule has 0 radical (unpaired) electrons. The maximum Gasteiger partial charge on any atom is 0.274 e. The Kier molecular flexibility index (Phi) is 4.72. The van der Waals surface area contributed by atoms with E-state index in [2.05, 4.69) is 32.9 Å². The van der Waals surface area contributed by atoms with E-state index in [4.69, 9.17) is 0 Å². The van der Waals surface area contributed by atoms with Gasteiger partial charge in [0.05, 0.1) is 17.6 Å². The Morgan fingerprint density at radius 3 is 2.43 bits per heavy atom. The molecule has 7 nitrogen and oxygen atoms in total. The molecule has 4 aromatic rings. The number of aryl methyl sites for hydroxylation is 1. The quantitative estimate of drug-likeness (QED) is 0.584. The molecule has 7 heteroatoms. The minimum Gasteiger partial charge on any atom is -0.346 e. The molecule has 2 aromatic carbocycles. The van der Waals surface area contributed by atoms with Crippen molar-refractivity contribution in [3.05, 3.63) is 83.9 Å². The summed E-state index contributed by atoms with van der Waals surface area (Å²) in [6.07, 6.45) is 3.58. The highest BCUT2D eigenvalue weighted by Crippen LogP contribution is 2.21. The van der Waals surface area contributed by atoms with Gasteiger partial charge in [0.1, 0.15) is 0 Å². The summed E-state index contributed by atoms with van der Waals surface area (Å²) in [6.45, 7) is 2.23. The molecule has 4 rings (SSSR count). The van der Waals surface area contributed by atoms with E-state index in [0.29, 0.717) is 17.9 Å². The number of hydrogen-bond donors (Lipinski definition) is 1. The Hall–Kier alpha value is -3.74. The van der Waals surface area contributed by atoms with Gasteiger partial charge in [0.2, 0.25) is 0 Å². The fourth-order valence-corrected chi connectivity index (χ4v) is 3.04. The minimum absolute atomic E-state index is 0.256. The Bertz CT molecular complexity index is 1100. The van der Waals surface area contributed by atoms with E-state index < -0.39 is 0 Å². The average molecular weight is 372 g/mol. The monoisotopic (exact) mass is 372 g/mol. The van der Waals surface area contributed by atoms with Crippen LogP contribution in [-0.4, -0.2) is 30.7 Å². The fraction of sp³-hybridized carbons (Fsp3) is 0.143. The number of benzene rings is 2. The minimum atomic E-state index is -0.256. The van der Waals surface area contributed by atoms with Crippen molar-refractivity contribution in [3.8, 4) is 16.8 Å². The van der Waals surface area contributed by atoms with Gasteiger partial charge in [-0.1, -0.05) is 47.7 Å². The molecule has 1 amide bonds. The number of carbonyl (C=O) groups is 1. The third-order valence-electron chi connectivity index (χ3n) is 4.54. The van der Waals surface area contributed by atoms with Gasteiger partial charge in [0, 0.05) is 25.4 Å². The molecule has 0 aliphatic rings. The molecule has 1 N–H and O–H groups in total. The largest absolute Gasteiger partial charge is 0.346 e. The Morgan fingerprint density at radius 2 is 1.75 bits per heavy atom. The highest BCUT2D eigenvalue weighted by Gasteiger charge is 2.17. The summed E-state index contributed by atoms with van der Waals surface area (Å²) in [6, 6.07) is 18.2. The zero-order valence-corrected chi connectivity index (χ0v) is 15.7. The number of amides is 1. The maximum absolute atomic E-state index is 12.5. The molecule has 0 spiro atoms. The standard InChI is InChI=1S/C21H20N6O/c1-15-20(21(28)22-12-16-13-23-26(2)14-16)24-25-27(15)19-10-8-18(9-11-19)17-6-4-3-5-7-17/h3-11,13-14H,12H2,1-2H3,(H,22,28). The van der Waals surface area contributed by atoms with Crippen LogP contribution in [-0.2, 0) is 13.6 Å². The first kappa shape index (κ1) is 17.7. The number of hydrogen-bond acceptors (Lipinski definition) is 4. The predicted molar refractivity (Wildman–Crippen MR) is 106 cm³/mol. The van der Waals surface area contributed by atoms with Gasteiger partial charge < -0.3 is 5.32 Å². The lowest BCUT2D eigenvalue weighted by molar-refractivity contribution is 0.0945. The number of rotatable bonds is 5. The number of carbonyl (C=O) groups excluding carboxylic acids is 1. The molecular formula is C21H20N6O. The molecule has 0 aliphatic heterocycles. The van der Waals surface area contributed by atoms with Gasteiger partial charge in [-0.05, 0) is 30.2 Å². The van der Waals surface area contributed by atoms with E-state index in [1.807, 2.05) is 62.6 Å². The molecule has 0 saturated heterocycles. The van der Waals surface area contributed by atoms with Gasteiger partial charge in [0.25, 0.3) is 5.91 Å². The van der Waals surface area contributed by atoms with Crippen molar-refractivity contribution < 1.29 is 4.79 Å². The van der Waals surface area contributed by atoms with E-state index in [0.717, 1.165) is 22.4 Å². The Labute approximate surface area is 162 Å². The fourth-order valence-electron chi connectivity index (χ4n) is 3.04. The lowest BCUT2D eigenvalue weighted by atomic mass is 10.1. The summed E-state index contributed by atoms with van der Waals surface area (Å²) >= 11 is 0. The molecule has 28 heavy (non-hydrogen) atoms. The summed E-state index contributed by atoms with van der Waals surface area (Å²) in [7, 11) is 1.84. The molecule has 0 aliphatic carbocycles. The van der Waals surface area contributed by atoms with Crippen LogP contribution in [0.2, 0.25) is 0 Å². The van der Waals surface area contributed by atoms with Crippen molar-refractivity contribution in [2.24, 2.45) is 7.05 Å². The molecular weight excluding hydrogens is 352 g/mol. The van der Waals surface area contributed by atoms with Crippen LogP contribution in [0.15, 0.2) is 67.0 Å². The second kappa shape index (κ2) is 7.48. The maximum atomic E-state index is 12.5. The predicted octanol–water partition coefficient (Wildman–Crippen LogP) is 2.91. The highest BCUT2D eigenvalue weighted by atomic mass is 16.2. The van der Waals surface area contributed by atoms with Crippen LogP contribution in [0.5, 0.6) is 0 Å². The first-order chi connectivity index (χ1) is 13.6. The van der Waals surface area contributed by atoms with Crippen LogP contribution in [0.4, 0.5) is 0 Å². The van der Waals surface area contributed by atoms with Gasteiger partial charge in [-0.3, -0.25) is 9.48 Å². The SMILES string of the molecule is Cc1c(C(=O)NCc2cnn(C)c2)nnn1-c1ccc(-c2ccccc2)cc1. The molecule has 0 atom stereocenters. The van der Waals surface area contributed by atoms with Crippen LogP contribution >= 0.6 is 0 Å². The molecule has 0 unspecified atom stereocenters. The topological polar surface area (TPSA) is 77.6 Å². The number of aromatic nitrogens is 5. The number of nitrogens with one attached hydrogen (secondary N) is 1. The summed E-state index contributed by atoms with van der Waals surface area (Å²) < 4.78 is 3.37. The van der Waals surface area contributed by atoms with Gasteiger partial charge in [-0.25, -0.2) is 4.68 Å². The lowest BCUT2D eigenvalue weighted by Gasteiger charge is -2.06. The van der Waals surface area contributed by atoms with Gasteiger partial charge in [-0.2, -0.15) is 5.10 Å². The summed E-state index contributed by atoms with van der Waals surface area (Å²) in [5, 5.41) is 15.2. The zero-order chi connectivity index (χ0) is 19.5. The summed E-state index contributed by atoms with van der Waals surface area (Å²) in [5.41, 5.74) is 5.07. The van der Waals surface area contributed by atoms with E-state index in [1.165, 1.54) is 0 Å². The highest BCUT2D eigenvalue weighted by molar-refractivity contribution is 5.93. The summed E-state index contributed by atoms with van der Waals surface area (Å²) in [4.78, 5) is 12.5. The van der Waals surface area contributed by atoms with Crippen molar-refractivity contribution in [2.75, 3.05) is 0 Å². The Morgan fingerprint density at radius 1 is 1.04 bits per heavy atom. The van der Waals surface area contributed by atoms with Crippen molar-refractivity contribution in [1.29, 1.82) is 0 Å². The van der Waals surface area contributed by atoms with Crippen LogP contribution in [0, 0.1) is 6.92 Å². The van der Waals surface area contributed by atoms with Gasteiger partial charge >= 0.3 is 0 Å². The first-order valence-electron chi connectivity index (χ1n) is 8.96. The van der Waals surface area contributed by atoms with Crippen LogP contribution in [0.25, 0.3) is 16.8 Å². The molecule has 0 bridgehead atoms. The second-order valence-corrected chi connectivity index (χ2v) is 6.55. The van der Waals surface area contributed by atoms with Gasteiger partial charge in [-0.15, -0.1) is 5.10 Å². The molecule has 2 aromatic heterocycles. The third-order valence-corrected chi connectivity index (χ3v) is 4.54. The average Bonchev–Trinajstić information content (AvgIpc) is 3.32. The molecule has 0 fully saturated rings. The van der Waals surface area contributed by atoms with Crippen molar-refractivity contribution in [3.63, 3.8) is 0 Å². The van der Waals surface area contributed by atoms with Gasteiger partial charge in [0.15, 0.2) is 5.69 Å². The smallest absolute Gasteiger partial charge is 0.274 e. The van der Waals surface area contributed by atoms with Crippen LogP contribution in [0.3, 0.4) is 0 Å². The molecule has 0 saturated carbocycles. The van der Waals surface area contributed by atoms with Crippen LogP contribution < -0.4 is 5.32 Å². The van der Waals surface area contributed by atoms with E-state index in [1.54, 1.807) is 15.6 Å². The van der Waals surface area contributed by atoms with E-state index in [-0.39, 0.29) is 5.91 Å².